The summed E-state index contributed by atoms with van der Waals surface area (Å²) < 4.78 is 10.5. The van der Waals surface area contributed by atoms with Crippen molar-refractivity contribution in [2.24, 2.45) is 0 Å². The molecule has 0 fully saturated rings. The van der Waals surface area contributed by atoms with Crippen LogP contribution < -0.4 is 14.8 Å². The molecule has 0 saturated heterocycles. The Bertz CT molecular complexity index is 453. The third kappa shape index (κ3) is 3.40. The highest BCUT2D eigenvalue weighted by molar-refractivity contribution is 5.87. The number of rotatable bonds is 5. The van der Waals surface area contributed by atoms with Gasteiger partial charge < -0.3 is 14.8 Å². The second-order valence-electron chi connectivity index (χ2n) is 5.32. The highest BCUT2D eigenvalue weighted by Gasteiger charge is 2.30. The molecule has 0 heterocycles. The van der Waals surface area contributed by atoms with E-state index in [0.717, 1.165) is 5.56 Å². The molecule has 0 saturated carbocycles. The lowest BCUT2D eigenvalue weighted by Crippen LogP contribution is -2.43. The normalized spacial score (nSPS) is 11.3. The van der Waals surface area contributed by atoms with Crippen molar-refractivity contribution in [2.75, 3.05) is 14.2 Å². The van der Waals surface area contributed by atoms with Gasteiger partial charge in [-0.1, -0.05) is 6.07 Å². The molecule has 4 nitrogen and oxygen atoms in total. The van der Waals surface area contributed by atoms with E-state index in [-0.39, 0.29) is 11.9 Å². The number of amides is 1. The summed E-state index contributed by atoms with van der Waals surface area (Å²) in [7, 11) is 3.18. The number of hydrogen-bond donors (Lipinski definition) is 1. The molecule has 19 heavy (non-hydrogen) atoms. The Labute approximate surface area is 115 Å². The third-order valence-corrected chi connectivity index (χ3v) is 3.09. The van der Waals surface area contributed by atoms with E-state index in [0.29, 0.717) is 11.5 Å². The summed E-state index contributed by atoms with van der Waals surface area (Å²) in [6.07, 6.45) is 0. The Morgan fingerprint density at radius 2 is 1.74 bits per heavy atom. The fourth-order valence-corrected chi connectivity index (χ4v) is 1.80. The monoisotopic (exact) mass is 265 g/mol. The van der Waals surface area contributed by atoms with Gasteiger partial charge >= 0.3 is 0 Å². The molecule has 4 heteroatoms. The maximum Gasteiger partial charge on any atom is 0.230 e. The maximum atomic E-state index is 12.2. The number of hydrogen-bond acceptors (Lipinski definition) is 3. The van der Waals surface area contributed by atoms with Gasteiger partial charge in [0.2, 0.25) is 5.91 Å². The maximum absolute atomic E-state index is 12.2. The van der Waals surface area contributed by atoms with Crippen LogP contribution in [-0.4, -0.2) is 26.2 Å². The standard InChI is InChI=1S/C15H23NO3/c1-10(2)16-14(17)15(3,4)11-7-8-12(18-5)13(9-11)19-6/h7-10H,1-6H3,(H,16,17). The molecule has 0 bridgehead atoms. The van der Waals surface area contributed by atoms with Gasteiger partial charge in [0.25, 0.3) is 0 Å². The zero-order chi connectivity index (χ0) is 14.6. The van der Waals surface area contributed by atoms with Crippen LogP contribution in [0.4, 0.5) is 0 Å². The first-order chi connectivity index (χ1) is 8.82. The van der Waals surface area contributed by atoms with Gasteiger partial charge in [-0.3, -0.25) is 4.79 Å². The second-order valence-corrected chi connectivity index (χ2v) is 5.32. The fourth-order valence-electron chi connectivity index (χ4n) is 1.80. The van der Waals surface area contributed by atoms with Crippen molar-refractivity contribution in [1.82, 2.24) is 5.32 Å². The van der Waals surface area contributed by atoms with Gasteiger partial charge in [-0.25, -0.2) is 0 Å². The molecular formula is C15H23NO3. The van der Waals surface area contributed by atoms with E-state index in [1.54, 1.807) is 14.2 Å². The quantitative estimate of drug-likeness (QED) is 0.890. The molecule has 0 aromatic heterocycles. The fraction of sp³-hybridized carbons (Fsp3) is 0.533. The predicted molar refractivity (Wildman–Crippen MR) is 75.9 cm³/mol. The number of benzene rings is 1. The predicted octanol–water partition coefficient (Wildman–Crippen LogP) is 2.51. The SMILES string of the molecule is COc1ccc(C(C)(C)C(=O)NC(C)C)cc1OC. The van der Waals surface area contributed by atoms with Gasteiger partial charge in [-0.2, -0.15) is 0 Å². The van der Waals surface area contributed by atoms with E-state index < -0.39 is 5.41 Å². The van der Waals surface area contributed by atoms with Crippen molar-refractivity contribution >= 4 is 5.91 Å². The lowest BCUT2D eigenvalue weighted by atomic mass is 9.83. The molecule has 0 atom stereocenters. The number of nitrogens with one attached hydrogen (secondary N) is 1. The summed E-state index contributed by atoms with van der Waals surface area (Å²) >= 11 is 0. The molecule has 0 aliphatic carbocycles. The van der Waals surface area contributed by atoms with Gasteiger partial charge in [0.15, 0.2) is 11.5 Å². The summed E-state index contributed by atoms with van der Waals surface area (Å²) in [4.78, 5) is 12.2. The molecule has 0 spiro atoms. The number of carbonyl (C=O) groups excluding carboxylic acids is 1. The lowest BCUT2D eigenvalue weighted by Gasteiger charge is -2.26. The van der Waals surface area contributed by atoms with E-state index in [1.165, 1.54) is 0 Å². The molecule has 1 aromatic carbocycles. The van der Waals surface area contributed by atoms with Crippen LogP contribution in [0.3, 0.4) is 0 Å². The van der Waals surface area contributed by atoms with Crippen LogP contribution in [0.2, 0.25) is 0 Å². The van der Waals surface area contributed by atoms with Gasteiger partial charge in [0, 0.05) is 6.04 Å². The molecule has 0 aliphatic heterocycles. The third-order valence-electron chi connectivity index (χ3n) is 3.09. The average molecular weight is 265 g/mol. The number of ether oxygens (including phenoxy) is 2. The Hall–Kier alpha value is -1.71. The first-order valence-corrected chi connectivity index (χ1v) is 6.36. The van der Waals surface area contributed by atoms with Crippen molar-refractivity contribution in [3.63, 3.8) is 0 Å². The van der Waals surface area contributed by atoms with Crippen molar-refractivity contribution in [1.29, 1.82) is 0 Å². The minimum atomic E-state index is -0.621. The van der Waals surface area contributed by atoms with Crippen molar-refractivity contribution < 1.29 is 14.3 Å². The largest absolute Gasteiger partial charge is 0.493 e. The van der Waals surface area contributed by atoms with E-state index in [4.69, 9.17) is 9.47 Å². The average Bonchev–Trinajstić information content (AvgIpc) is 2.36. The smallest absolute Gasteiger partial charge is 0.230 e. The van der Waals surface area contributed by atoms with Crippen LogP contribution in [0.25, 0.3) is 0 Å². The van der Waals surface area contributed by atoms with Crippen molar-refractivity contribution in [2.45, 2.75) is 39.2 Å². The first kappa shape index (κ1) is 15.3. The van der Waals surface area contributed by atoms with Crippen LogP contribution in [0, 0.1) is 0 Å². The van der Waals surface area contributed by atoms with Crippen molar-refractivity contribution in [3.05, 3.63) is 23.8 Å². The topological polar surface area (TPSA) is 47.6 Å². The summed E-state index contributed by atoms with van der Waals surface area (Å²) in [5, 5.41) is 2.94. The van der Waals surface area contributed by atoms with E-state index in [9.17, 15) is 4.79 Å². The molecule has 1 aromatic rings. The van der Waals surface area contributed by atoms with Crippen LogP contribution in [0.5, 0.6) is 11.5 Å². The zero-order valence-electron chi connectivity index (χ0n) is 12.5. The van der Waals surface area contributed by atoms with Crippen LogP contribution >= 0.6 is 0 Å². The lowest BCUT2D eigenvalue weighted by molar-refractivity contribution is -0.126. The molecule has 1 amide bonds. The molecule has 106 valence electrons. The Morgan fingerprint density at radius 3 is 2.21 bits per heavy atom. The number of methoxy groups -OCH3 is 2. The van der Waals surface area contributed by atoms with E-state index in [2.05, 4.69) is 5.32 Å². The molecule has 1 rings (SSSR count). The van der Waals surface area contributed by atoms with Gasteiger partial charge in [-0.05, 0) is 45.4 Å². The molecule has 0 aliphatic rings. The minimum Gasteiger partial charge on any atom is -0.493 e. The van der Waals surface area contributed by atoms with Gasteiger partial charge in [0.1, 0.15) is 0 Å². The Kier molecular flexibility index (Phi) is 4.81. The summed E-state index contributed by atoms with van der Waals surface area (Å²) in [5.41, 5.74) is 0.271. The molecule has 1 N–H and O–H groups in total. The van der Waals surface area contributed by atoms with Gasteiger partial charge in [-0.15, -0.1) is 0 Å². The first-order valence-electron chi connectivity index (χ1n) is 6.36. The van der Waals surface area contributed by atoms with E-state index in [1.807, 2.05) is 45.9 Å². The molecular weight excluding hydrogens is 242 g/mol. The Balaban J connectivity index is 3.10. The number of carbonyl (C=O) groups is 1. The molecule has 0 radical (unpaired) electrons. The summed E-state index contributed by atoms with van der Waals surface area (Å²) in [6, 6.07) is 5.67. The highest BCUT2D eigenvalue weighted by atomic mass is 16.5. The minimum absolute atomic E-state index is 0.00489. The van der Waals surface area contributed by atoms with E-state index >= 15 is 0 Å². The summed E-state index contributed by atoms with van der Waals surface area (Å²) in [6.45, 7) is 7.68. The van der Waals surface area contributed by atoms with Crippen molar-refractivity contribution in [3.8, 4) is 11.5 Å². The van der Waals surface area contributed by atoms with Crippen LogP contribution in [-0.2, 0) is 10.2 Å². The van der Waals surface area contributed by atoms with Crippen LogP contribution in [0.15, 0.2) is 18.2 Å². The van der Waals surface area contributed by atoms with Crippen LogP contribution in [0.1, 0.15) is 33.3 Å². The van der Waals surface area contributed by atoms with Gasteiger partial charge in [0.05, 0.1) is 19.6 Å². The highest BCUT2D eigenvalue weighted by Crippen LogP contribution is 2.33. The molecule has 0 unspecified atom stereocenters. The zero-order valence-corrected chi connectivity index (χ0v) is 12.5. The summed E-state index contributed by atoms with van der Waals surface area (Å²) in [5.74, 6) is 1.28. The Morgan fingerprint density at radius 1 is 1.16 bits per heavy atom. The second kappa shape index (κ2) is 5.95.